The highest BCUT2D eigenvalue weighted by Gasteiger charge is 2.37. The Kier molecular flexibility index (Phi) is 6.15. The van der Waals surface area contributed by atoms with E-state index < -0.39 is 0 Å². The Morgan fingerprint density at radius 3 is 2.50 bits per heavy atom. The Balaban J connectivity index is 1.47. The minimum Gasteiger partial charge on any atom is -0.339 e. The van der Waals surface area contributed by atoms with Crippen LogP contribution in [0.2, 0.25) is 0 Å². The van der Waals surface area contributed by atoms with Gasteiger partial charge in [0.25, 0.3) is 0 Å². The Bertz CT molecular complexity index is 587. The zero-order chi connectivity index (χ0) is 17.8. The Labute approximate surface area is 161 Å². The molecule has 0 spiro atoms. The molecule has 0 saturated carbocycles. The Morgan fingerprint density at radius 1 is 1.04 bits per heavy atom. The number of hydrogen-bond donors (Lipinski definition) is 1. The molecule has 2 unspecified atom stereocenters. The van der Waals surface area contributed by atoms with Gasteiger partial charge in [0.1, 0.15) is 6.04 Å². The van der Waals surface area contributed by atoms with E-state index in [2.05, 4.69) is 44.3 Å². The molecule has 1 aromatic rings. The van der Waals surface area contributed by atoms with Crippen LogP contribution in [0, 0.1) is 0 Å². The number of nitrogens with zero attached hydrogens (tertiary/aromatic N) is 3. The normalized spacial score (nSPS) is 26.8. The lowest BCUT2D eigenvalue weighted by Gasteiger charge is -2.36. The first kappa shape index (κ1) is 18.3. The van der Waals surface area contributed by atoms with Crippen molar-refractivity contribution in [2.75, 3.05) is 63.9 Å². The molecule has 0 aromatic heterocycles. The van der Waals surface area contributed by atoms with Gasteiger partial charge in [0.05, 0.1) is 0 Å². The average molecular weight is 375 g/mol. The van der Waals surface area contributed by atoms with Crippen LogP contribution in [-0.2, 0) is 4.79 Å². The summed E-state index contributed by atoms with van der Waals surface area (Å²) in [4.78, 5) is 20.6. The van der Waals surface area contributed by atoms with E-state index in [9.17, 15) is 4.79 Å². The molecule has 3 fully saturated rings. The standard InChI is InChI=1S/C20H30N4OS/c25-20(24-9-6-18(16-24)22-10-7-21-8-11-22)19(17-4-2-1-3-5-17)23-12-14-26-15-13-23/h1-5,18-19,21H,6-16H2. The summed E-state index contributed by atoms with van der Waals surface area (Å²) in [6.45, 7) is 8.17. The summed E-state index contributed by atoms with van der Waals surface area (Å²) in [5.41, 5.74) is 1.15. The summed E-state index contributed by atoms with van der Waals surface area (Å²) in [7, 11) is 0. The topological polar surface area (TPSA) is 38.8 Å². The van der Waals surface area contributed by atoms with Crippen molar-refractivity contribution >= 4 is 17.7 Å². The number of rotatable bonds is 4. The number of piperazine rings is 1. The lowest BCUT2D eigenvalue weighted by atomic mass is 10.0. The van der Waals surface area contributed by atoms with Gasteiger partial charge in [-0.05, 0) is 12.0 Å². The van der Waals surface area contributed by atoms with Gasteiger partial charge in [-0.15, -0.1) is 0 Å². The maximum absolute atomic E-state index is 13.5. The summed E-state index contributed by atoms with van der Waals surface area (Å²) >= 11 is 2.00. The SMILES string of the molecule is O=C(C(c1ccccc1)N1CCSCC1)N1CCC(N2CCNCC2)C1. The molecule has 3 aliphatic rings. The maximum Gasteiger partial charge on any atom is 0.244 e. The Morgan fingerprint density at radius 2 is 1.77 bits per heavy atom. The number of nitrogens with one attached hydrogen (secondary N) is 1. The van der Waals surface area contributed by atoms with Gasteiger partial charge in [0, 0.05) is 69.9 Å². The molecule has 3 heterocycles. The predicted octanol–water partition coefficient (Wildman–Crippen LogP) is 1.28. The third-order valence-corrected chi connectivity index (χ3v) is 6.85. The van der Waals surface area contributed by atoms with Gasteiger partial charge >= 0.3 is 0 Å². The van der Waals surface area contributed by atoms with E-state index in [1.165, 1.54) is 0 Å². The van der Waals surface area contributed by atoms with Gasteiger partial charge in [-0.1, -0.05) is 30.3 Å². The second kappa shape index (κ2) is 8.74. The molecule has 1 N–H and O–H groups in total. The first-order valence-electron chi connectivity index (χ1n) is 9.93. The molecule has 5 nitrogen and oxygen atoms in total. The van der Waals surface area contributed by atoms with Crippen molar-refractivity contribution in [3.05, 3.63) is 35.9 Å². The van der Waals surface area contributed by atoms with Gasteiger partial charge in [0.2, 0.25) is 5.91 Å². The number of likely N-dealkylation sites (tertiary alicyclic amines) is 1. The van der Waals surface area contributed by atoms with Crippen molar-refractivity contribution in [1.29, 1.82) is 0 Å². The summed E-state index contributed by atoms with van der Waals surface area (Å²) in [5.74, 6) is 2.56. The molecule has 0 aliphatic carbocycles. The monoisotopic (exact) mass is 374 g/mol. The molecule has 0 bridgehead atoms. The zero-order valence-corrected chi connectivity index (χ0v) is 16.3. The molecule has 4 rings (SSSR count). The van der Waals surface area contributed by atoms with Gasteiger partial charge < -0.3 is 10.2 Å². The smallest absolute Gasteiger partial charge is 0.244 e. The summed E-state index contributed by atoms with van der Waals surface area (Å²) < 4.78 is 0. The van der Waals surface area contributed by atoms with Crippen molar-refractivity contribution in [2.45, 2.75) is 18.5 Å². The predicted molar refractivity (Wildman–Crippen MR) is 108 cm³/mol. The molecule has 1 aromatic carbocycles. The van der Waals surface area contributed by atoms with Gasteiger partial charge in [-0.25, -0.2) is 0 Å². The van der Waals surface area contributed by atoms with E-state index in [0.29, 0.717) is 11.9 Å². The number of hydrogen-bond acceptors (Lipinski definition) is 5. The molecular formula is C20H30N4OS. The number of carbonyl (C=O) groups is 1. The quantitative estimate of drug-likeness (QED) is 0.860. The first-order chi connectivity index (χ1) is 12.8. The third kappa shape index (κ3) is 4.09. The fourth-order valence-corrected chi connectivity index (χ4v) is 5.37. The molecule has 1 amide bonds. The van der Waals surface area contributed by atoms with E-state index in [0.717, 1.165) is 75.8 Å². The van der Waals surface area contributed by atoms with Crippen molar-refractivity contribution in [1.82, 2.24) is 20.0 Å². The van der Waals surface area contributed by atoms with Crippen LogP contribution in [0.4, 0.5) is 0 Å². The highest BCUT2D eigenvalue weighted by atomic mass is 32.2. The van der Waals surface area contributed by atoms with Crippen molar-refractivity contribution in [3.8, 4) is 0 Å². The molecule has 142 valence electrons. The number of thioether (sulfide) groups is 1. The van der Waals surface area contributed by atoms with Gasteiger partial charge in [-0.3, -0.25) is 14.6 Å². The van der Waals surface area contributed by atoms with E-state index >= 15 is 0 Å². The minimum atomic E-state index is -0.112. The molecule has 26 heavy (non-hydrogen) atoms. The average Bonchev–Trinajstić information content (AvgIpc) is 3.21. The van der Waals surface area contributed by atoms with Crippen LogP contribution in [-0.4, -0.2) is 90.5 Å². The molecule has 3 saturated heterocycles. The largest absolute Gasteiger partial charge is 0.339 e. The van der Waals surface area contributed by atoms with Crippen LogP contribution in [0.3, 0.4) is 0 Å². The summed E-state index contributed by atoms with van der Waals surface area (Å²) in [6, 6.07) is 10.8. The van der Waals surface area contributed by atoms with Gasteiger partial charge in [-0.2, -0.15) is 11.8 Å². The number of benzene rings is 1. The van der Waals surface area contributed by atoms with E-state index in [-0.39, 0.29) is 6.04 Å². The van der Waals surface area contributed by atoms with Crippen molar-refractivity contribution in [2.24, 2.45) is 0 Å². The molecule has 3 aliphatic heterocycles. The third-order valence-electron chi connectivity index (χ3n) is 5.90. The van der Waals surface area contributed by atoms with Crippen molar-refractivity contribution < 1.29 is 4.79 Å². The maximum atomic E-state index is 13.5. The Hall–Kier alpha value is -1.08. The number of amides is 1. The highest BCUT2D eigenvalue weighted by Crippen LogP contribution is 2.28. The fourth-order valence-electron chi connectivity index (χ4n) is 4.44. The van der Waals surface area contributed by atoms with Crippen LogP contribution in [0.5, 0.6) is 0 Å². The molecular weight excluding hydrogens is 344 g/mol. The van der Waals surface area contributed by atoms with Crippen molar-refractivity contribution in [3.63, 3.8) is 0 Å². The number of carbonyl (C=O) groups excluding carboxylic acids is 1. The van der Waals surface area contributed by atoms with Gasteiger partial charge in [0.15, 0.2) is 0 Å². The van der Waals surface area contributed by atoms with Crippen LogP contribution in [0.15, 0.2) is 30.3 Å². The molecule has 6 heteroatoms. The van der Waals surface area contributed by atoms with E-state index in [1.807, 2.05) is 17.8 Å². The molecule has 2 atom stereocenters. The minimum absolute atomic E-state index is 0.112. The van der Waals surface area contributed by atoms with Crippen LogP contribution < -0.4 is 5.32 Å². The van der Waals surface area contributed by atoms with E-state index in [1.54, 1.807) is 0 Å². The van der Waals surface area contributed by atoms with E-state index in [4.69, 9.17) is 0 Å². The van der Waals surface area contributed by atoms with Crippen LogP contribution in [0.25, 0.3) is 0 Å². The lowest BCUT2D eigenvalue weighted by Crippen LogP contribution is -2.50. The first-order valence-corrected chi connectivity index (χ1v) is 11.1. The summed E-state index contributed by atoms with van der Waals surface area (Å²) in [5, 5.41) is 3.42. The second-order valence-electron chi connectivity index (χ2n) is 7.47. The second-order valence-corrected chi connectivity index (χ2v) is 8.70. The lowest BCUT2D eigenvalue weighted by molar-refractivity contribution is -0.136. The molecule has 0 radical (unpaired) electrons. The van der Waals surface area contributed by atoms with Crippen LogP contribution in [0.1, 0.15) is 18.0 Å². The highest BCUT2D eigenvalue weighted by molar-refractivity contribution is 7.99. The fraction of sp³-hybridized carbons (Fsp3) is 0.650. The summed E-state index contributed by atoms with van der Waals surface area (Å²) in [6.07, 6.45) is 1.11. The van der Waals surface area contributed by atoms with Crippen LogP contribution >= 0.6 is 11.8 Å². The zero-order valence-electron chi connectivity index (χ0n) is 15.5.